The van der Waals surface area contributed by atoms with E-state index in [0.29, 0.717) is 6.54 Å². The van der Waals surface area contributed by atoms with Gasteiger partial charge in [-0.15, -0.1) is 0 Å². The molecule has 0 aromatic carbocycles. The second-order valence-electron chi connectivity index (χ2n) is 2.01. The zero-order valence-corrected chi connectivity index (χ0v) is 6.75. The van der Waals surface area contributed by atoms with Crippen LogP contribution in [0.15, 0.2) is 10.3 Å². The lowest BCUT2D eigenvalue weighted by atomic mass is 10.5. The van der Waals surface area contributed by atoms with Crippen molar-refractivity contribution < 1.29 is 0 Å². The fraction of sp³-hybridized carbons (Fsp3) is 1.00. The summed E-state index contributed by atoms with van der Waals surface area (Å²) in [5, 5.41) is 6.84. The van der Waals surface area contributed by atoms with E-state index in [1.54, 1.807) is 0 Å². The molecule has 0 radical (unpaired) electrons. The van der Waals surface area contributed by atoms with Gasteiger partial charge < -0.3 is 10.7 Å². The van der Waals surface area contributed by atoms with Gasteiger partial charge in [-0.2, -0.15) is 5.11 Å². The van der Waals surface area contributed by atoms with Crippen LogP contribution in [0.1, 0.15) is 13.8 Å². The Morgan fingerprint density at radius 3 is 2.30 bits per heavy atom. The van der Waals surface area contributed by atoms with Crippen LogP contribution in [0.25, 0.3) is 0 Å². The first-order chi connectivity index (χ1) is 4.85. The Balaban J connectivity index is 3.25. The molecule has 4 nitrogen and oxygen atoms in total. The summed E-state index contributed by atoms with van der Waals surface area (Å²) in [5.41, 5.74) is 0. The van der Waals surface area contributed by atoms with E-state index in [1.165, 1.54) is 0 Å². The quantitative estimate of drug-likeness (QED) is 0.350. The maximum Gasteiger partial charge on any atom is 0.0747 e. The third kappa shape index (κ3) is 4.26. The fourth-order valence-electron chi connectivity index (χ4n) is 0.784. The van der Waals surface area contributed by atoms with Gasteiger partial charge in [-0.1, -0.05) is 19.1 Å². The van der Waals surface area contributed by atoms with Crippen LogP contribution in [-0.4, -0.2) is 31.1 Å². The van der Waals surface area contributed by atoms with E-state index in [0.717, 1.165) is 19.6 Å². The summed E-state index contributed by atoms with van der Waals surface area (Å²) >= 11 is 0. The first-order valence-electron chi connectivity index (χ1n) is 3.64. The molecule has 0 aromatic rings. The van der Waals surface area contributed by atoms with Crippen molar-refractivity contribution in [3.8, 4) is 0 Å². The molecule has 0 aliphatic heterocycles. The van der Waals surface area contributed by atoms with Crippen molar-refractivity contribution in [2.75, 3.05) is 26.2 Å². The molecule has 60 valence electrons. The summed E-state index contributed by atoms with van der Waals surface area (Å²) in [6.07, 6.45) is 0. The fourth-order valence-corrected chi connectivity index (χ4v) is 0.784. The van der Waals surface area contributed by atoms with E-state index in [1.807, 2.05) is 0 Å². The first-order valence-corrected chi connectivity index (χ1v) is 3.64. The lowest BCUT2D eigenvalue weighted by molar-refractivity contribution is 0.311. The van der Waals surface area contributed by atoms with E-state index >= 15 is 0 Å². The van der Waals surface area contributed by atoms with Gasteiger partial charge in [-0.25, -0.2) is 0 Å². The standard InChI is InChI=1S/C6H16N4/c1-3-10(4-2)6-5-8-9-7/h3-6H2,1-2H3,(H2,7,8). The van der Waals surface area contributed by atoms with Gasteiger partial charge in [0.2, 0.25) is 0 Å². The summed E-state index contributed by atoms with van der Waals surface area (Å²) in [6.45, 7) is 8.05. The van der Waals surface area contributed by atoms with Gasteiger partial charge in [0.25, 0.3) is 0 Å². The average Bonchev–Trinajstić information content (AvgIpc) is 1.99. The molecule has 0 amide bonds. The van der Waals surface area contributed by atoms with Crippen LogP contribution in [-0.2, 0) is 0 Å². The van der Waals surface area contributed by atoms with Crippen molar-refractivity contribution in [1.29, 1.82) is 0 Å². The van der Waals surface area contributed by atoms with Crippen LogP contribution >= 0.6 is 0 Å². The predicted molar refractivity (Wildman–Crippen MR) is 41.7 cm³/mol. The van der Waals surface area contributed by atoms with E-state index in [4.69, 9.17) is 5.84 Å². The number of hydrogen-bond acceptors (Lipinski definition) is 3. The van der Waals surface area contributed by atoms with Gasteiger partial charge in [0.15, 0.2) is 0 Å². The maximum absolute atomic E-state index is 4.84. The summed E-state index contributed by atoms with van der Waals surface area (Å²) in [7, 11) is 0. The molecule has 0 saturated heterocycles. The van der Waals surface area contributed by atoms with Crippen LogP contribution in [0.2, 0.25) is 0 Å². The molecule has 0 spiro atoms. The molecule has 4 heteroatoms. The van der Waals surface area contributed by atoms with Crippen molar-refractivity contribution >= 4 is 0 Å². The molecule has 0 heterocycles. The Hall–Kier alpha value is -0.640. The minimum atomic E-state index is 0.707. The van der Waals surface area contributed by atoms with Crippen LogP contribution in [0.5, 0.6) is 0 Å². The number of hydrogen-bond donors (Lipinski definition) is 1. The zero-order valence-electron chi connectivity index (χ0n) is 6.75. The Kier molecular flexibility index (Phi) is 6.06. The predicted octanol–water partition coefficient (Wildman–Crippen LogP) is 0.654. The maximum atomic E-state index is 4.84. The Morgan fingerprint density at radius 2 is 1.90 bits per heavy atom. The van der Waals surface area contributed by atoms with E-state index in [-0.39, 0.29) is 0 Å². The van der Waals surface area contributed by atoms with Crippen LogP contribution < -0.4 is 5.84 Å². The second-order valence-corrected chi connectivity index (χ2v) is 2.01. The summed E-state index contributed by atoms with van der Waals surface area (Å²) in [6, 6.07) is 0. The molecule has 0 aromatic heterocycles. The molecular formula is C6H16N4. The molecule has 0 rings (SSSR count). The summed E-state index contributed by atoms with van der Waals surface area (Å²) < 4.78 is 0. The first kappa shape index (κ1) is 9.36. The normalized spacial score (nSPS) is 11.5. The molecule has 0 saturated carbocycles. The summed E-state index contributed by atoms with van der Waals surface area (Å²) in [4.78, 5) is 2.27. The monoisotopic (exact) mass is 144 g/mol. The van der Waals surface area contributed by atoms with Crippen molar-refractivity contribution in [2.24, 2.45) is 16.2 Å². The van der Waals surface area contributed by atoms with E-state index < -0.39 is 0 Å². The van der Waals surface area contributed by atoms with Crippen LogP contribution in [0.3, 0.4) is 0 Å². The Bertz CT molecular complexity index is 87.7. The van der Waals surface area contributed by atoms with Crippen molar-refractivity contribution in [2.45, 2.75) is 13.8 Å². The summed E-state index contributed by atoms with van der Waals surface area (Å²) in [5.74, 6) is 4.84. The number of nitrogens with zero attached hydrogens (tertiary/aromatic N) is 3. The molecule has 10 heavy (non-hydrogen) atoms. The molecular weight excluding hydrogens is 128 g/mol. The minimum absolute atomic E-state index is 0.707. The molecule has 0 atom stereocenters. The SMILES string of the molecule is CCN(CC)CCN=NN. The van der Waals surface area contributed by atoms with Crippen LogP contribution in [0, 0.1) is 0 Å². The van der Waals surface area contributed by atoms with Gasteiger partial charge in [0.05, 0.1) is 6.54 Å². The van der Waals surface area contributed by atoms with Gasteiger partial charge in [-0.05, 0) is 13.1 Å². The topological polar surface area (TPSA) is 54.0 Å². The Morgan fingerprint density at radius 1 is 1.30 bits per heavy atom. The third-order valence-electron chi connectivity index (χ3n) is 1.49. The van der Waals surface area contributed by atoms with E-state index in [9.17, 15) is 0 Å². The molecule has 0 fully saturated rings. The highest BCUT2D eigenvalue weighted by molar-refractivity contribution is 4.52. The molecule has 0 aliphatic carbocycles. The van der Waals surface area contributed by atoms with Crippen molar-refractivity contribution in [3.05, 3.63) is 0 Å². The zero-order chi connectivity index (χ0) is 7.82. The van der Waals surface area contributed by atoms with Gasteiger partial charge in [0.1, 0.15) is 0 Å². The second kappa shape index (κ2) is 6.48. The average molecular weight is 144 g/mol. The van der Waals surface area contributed by atoms with Crippen LogP contribution in [0.4, 0.5) is 0 Å². The smallest absolute Gasteiger partial charge is 0.0747 e. The number of likely N-dealkylation sites (N-methyl/N-ethyl adjacent to an activating group) is 1. The lowest BCUT2D eigenvalue weighted by Crippen LogP contribution is -2.25. The van der Waals surface area contributed by atoms with Crippen molar-refractivity contribution in [3.63, 3.8) is 0 Å². The molecule has 0 unspecified atom stereocenters. The van der Waals surface area contributed by atoms with E-state index in [2.05, 4.69) is 29.1 Å². The highest BCUT2D eigenvalue weighted by atomic mass is 15.3. The largest absolute Gasteiger partial charge is 0.305 e. The molecule has 0 aliphatic rings. The van der Waals surface area contributed by atoms with Gasteiger partial charge in [0, 0.05) is 6.54 Å². The highest BCUT2D eigenvalue weighted by Gasteiger charge is 1.95. The lowest BCUT2D eigenvalue weighted by Gasteiger charge is -2.15. The van der Waals surface area contributed by atoms with Gasteiger partial charge >= 0.3 is 0 Å². The van der Waals surface area contributed by atoms with Gasteiger partial charge in [-0.3, -0.25) is 0 Å². The molecule has 2 N–H and O–H groups in total. The Labute approximate surface area is 62.1 Å². The third-order valence-corrected chi connectivity index (χ3v) is 1.49. The molecule has 0 bridgehead atoms. The van der Waals surface area contributed by atoms with Crippen molar-refractivity contribution in [1.82, 2.24) is 4.90 Å². The minimum Gasteiger partial charge on any atom is -0.305 e. The number of rotatable bonds is 5. The highest BCUT2D eigenvalue weighted by Crippen LogP contribution is 1.85. The number of nitrogens with two attached hydrogens (primary N) is 1.